The van der Waals surface area contributed by atoms with Crippen LogP contribution in [0.25, 0.3) is 11.3 Å². The smallest absolute Gasteiger partial charge is 0.228 e. The Kier molecular flexibility index (Phi) is 7.02. The molecule has 1 unspecified atom stereocenters. The fourth-order valence-corrected chi connectivity index (χ4v) is 4.49. The highest BCUT2D eigenvalue weighted by Crippen LogP contribution is 2.37. The summed E-state index contributed by atoms with van der Waals surface area (Å²) in [5.41, 5.74) is 0.914. The van der Waals surface area contributed by atoms with Crippen molar-refractivity contribution in [2.75, 3.05) is 19.0 Å². The normalized spacial score (nSPS) is 14.4. The summed E-state index contributed by atoms with van der Waals surface area (Å²) in [6, 6.07) is 8.29. The Bertz CT molecular complexity index is 1270. The highest BCUT2D eigenvalue weighted by Gasteiger charge is 2.38. The molecule has 0 spiro atoms. The molecule has 6 nitrogen and oxygen atoms in total. The Morgan fingerprint density at radius 2 is 1.86 bits per heavy atom. The molecule has 1 N–H and O–H groups in total. The van der Waals surface area contributed by atoms with Crippen LogP contribution in [0.3, 0.4) is 0 Å². The molecule has 1 aliphatic rings. The molecule has 1 aliphatic heterocycles. The molecule has 1 aromatic heterocycles. The van der Waals surface area contributed by atoms with Crippen LogP contribution in [0, 0.1) is 28.8 Å². The second-order valence-electron chi connectivity index (χ2n) is 9.74. The van der Waals surface area contributed by atoms with Crippen molar-refractivity contribution < 1.29 is 22.7 Å². The van der Waals surface area contributed by atoms with Gasteiger partial charge in [0.15, 0.2) is 11.6 Å². The number of nitrogens with one attached hydrogen (secondary N) is 1. The number of methoxy groups -OCH3 is 1. The van der Waals surface area contributed by atoms with E-state index in [2.05, 4.69) is 19.2 Å². The molecule has 4 rings (SSSR count). The minimum absolute atomic E-state index is 0.0642. The van der Waals surface area contributed by atoms with Gasteiger partial charge < -0.3 is 19.5 Å². The summed E-state index contributed by atoms with van der Waals surface area (Å²) in [6.07, 6.45) is 0.891. The summed E-state index contributed by atoms with van der Waals surface area (Å²) in [6.45, 7) is 9.32. The number of amides is 1. The van der Waals surface area contributed by atoms with Crippen molar-refractivity contribution in [3.63, 3.8) is 0 Å². The predicted molar refractivity (Wildman–Crippen MR) is 132 cm³/mol. The van der Waals surface area contributed by atoms with Crippen LogP contribution in [0.1, 0.15) is 39.9 Å². The van der Waals surface area contributed by atoms with Gasteiger partial charge in [-0.3, -0.25) is 4.79 Å². The minimum atomic E-state index is -1.07. The molecule has 3 aromatic rings. The summed E-state index contributed by atoms with van der Waals surface area (Å²) in [5, 5.41) is 3.15. The van der Waals surface area contributed by atoms with E-state index in [1.807, 2.05) is 23.3 Å². The third kappa shape index (κ3) is 4.66. The maximum atomic E-state index is 14.2. The van der Waals surface area contributed by atoms with E-state index >= 15 is 0 Å². The van der Waals surface area contributed by atoms with Crippen LogP contribution in [0.5, 0.6) is 5.75 Å². The van der Waals surface area contributed by atoms with Gasteiger partial charge in [-0.1, -0.05) is 34.1 Å². The summed E-state index contributed by atoms with van der Waals surface area (Å²) < 4.78 is 48.7. The number of rotatable bonds is 7. The van der Waals surface area contributed by atoms with Gasteiger partial charge in [-0.05, 0) is 30.2 Å². The summed E-state index contributed by atoms with van der Waals surface area (Å²) >= 11 is 0. The number of halogens is 3. The second-order valence-corrected chi connectivity index (χ2v) is 9.74. The maximum Gasteiger partial charge on any atom is 0.228 e. The highest BCUT2D eigenvalue weighted by molar-refractivity contribution is 5.83. The Morgan fingerprint density at radius 3 is 2.50 bits per heavy atom. The Balaban J connectivity index is 1.74. The van der Waals surface area contributed by atoms with Crippen molar-refractivity contribution in [2.24, 2.45) is 11.3 Å². The number of aromatic nitrogens is 2. The van der Waals surface area contributed by atoms with Gasteiger partial charge >= 0.3 is 0 Å². The average Bonchev–Trinajstić information content (AvgIpc) is 3.22. The first-order chi connectivity index (χ1) is 17.1. The van der Waals surface area contributed by atoms with Crippen LogP contribution in [-0.4, -0.2) is 34.0 Å². The molecule has 36 heavy (non-hydrogen) atoms. The number of carbonyl (C=O) groups excluding carboxylic acids is 1. The lowest BCUT2D eigenvalue weighted by atomic mass is 9.77. The summed E-state index contributed by atoms with van der Waals surface area (Å²) in [4.78, 5) is 20.0. The van der Waals surface area contributed by atoms with Crippen molar-refractivity contribution in [1.82, 2.24) is 14.5 Å². The zero-order valence-electron chi connectivity index (χ0n) is 21.2. The summed E-state index contributed by atoms with van der Waals surface area (Å²) in [7, 11) is 1.26. The van der Waals surface area contributed by atoms with Gasteiger partial charge in [0.25, 0.3) is 0 Å². The molecule has 0 fully saturated rings. The van der Waals surface area contributed by atoms with Crippen LogP contribution in [-0.2, 0) is 17.9 Å². The Labute approximate surface area is 209 Å². The van der Waals surface area contributed by atoms with Crippen molar-refractivity contribution >= 4 is 17.4 Å². The van der Waals surface area contributed by atoms with Gasteiger partial charge in [0.05, 0.1) is 13.7 Å². The number of hydrogen-bond donors (Lipinski definition) is 1. The van der Waals surface area contributed by atoms with Crippen LogP contribution in [0.4, 0.5) is 24.7 Å². The quantitative estimate of drug-likeness (QED) is 0.424. The van der Waals surface area contributed by atoms with Gasteiger partial charge in [-0.15, -0.1) is 0 Å². The molecule has 0 saturated carbocycles. The number of imidazole rings is 1. The molecule has 1 amide bonds. The van der Waals surface area contributed by atoms with E-state index in [0.29, 0.717) is 42.5 Å². The van der Waals surface area contributed by atoms with E-state index in [1.54, 1.807) is 12.1 Å². The van der Waals surface area contributed by atoms with E-state index in [1.165, 1.54) is 25.3 Å². The monoisotopic (exact) mass is 500 g/mol. The highest BCUT2D eigenvalue weighted by atomic mass is 19.2. The molecule has 2 heterocycles. The first-order valence-corrected chi connectivity index (χ1v) is 12.0. The number of nitrogens with zero attached hydrogens (tertiary/aromatic N) is 3. The van der Waals surface area contributed by atoms with Gasteiger partial charge in [0.1, 0.15) is 23.2 Å². The van der Waals surface area contributed by atoms with Gasteiger partial charge in [-0.25, -0.2) is 13.8 Å². The van der Waals surface area contributed by atoms with Crippen molar-refractivity contribution in [1.29, 1.82) is 0 Å². The lowest BCUT2D eigenvalue weighted by molar-refractivity contribution is -0.144. The molecule has 9 heteroatoms. The maximum absolute atomic E-state index is 14.2. The molecule has 192 valence electrons. The third-order valence-electron chi connectivity index (χ3n) is 7.25. The fraction of sp³-hybridized carbons (Fsp3) is 0.407. The van der Waals surface area contributed by atoms with E-state index in [-0.39, 0.29) is 29.1 Å². The van der Waals surface area contributed by atoms with E-state index < -0.39 is 17.0 Å². The summed E-state index contributed by atoms with van der Waals surface area (Å²) in [5.74, 6) is -1.28. The van der Waals surface area contributed by atoms with Crippen molar-refractivity contribution in [3.8, 4) is 17.0 Å². The van der Waals surface area contributed by atoms with Crippen LogP contribution in [0.2, 0.25) is 0 Å². The molecule has 2 aromatic carbocycles. The number of hydrogen-bond acceptors (Lipinski definition) is 4. The van der Waals surface area contributed by atoms with Gasteiger partial charge in [0.2, 0.25) is 11.7 Å². The molecular formula is C27H31F3N4O2. The Morgan fingerprint density at radius 1 is 1.17 bits per heavy atom. The largest absolute Gasteiger partial charge is 0.493 e. The molecule has 0 saturated heterocycles. The number of anilines is 2. The van der Waals surface area contributed by atoms with Gasteiger partial charge in [0, 0.05) is 41.9 Å². The first kappa shape index (κ1) is 25.6. The second kappa shape index (κ2) is 9.87. The van der Waals surface area contributed by atoms with Crippen molar-refractivity contribution in [3.05, 3.63) is 59.7 Å². The fourth-order valence-electron chi connectivity index (χ4n) is 4.49. The third-order valence-corrected chi connectivity index (χ3v) is 7.25. The molecule has 0 radical (unpaired) electrons. The average molecular weight is 501 g/mol. The number of carbonyl (C=O) groups is 1. The zero-order valence-corrected chi connectivity index (χ0v) is 21.2. The molecule has 1 atom stereocenters. The number of benzene rings is 2. The molecular weight excluding hydrogens is 469 g/mol. The van der Waals surface area contributed by atoms with E-state index in [0.717, 1.165) is 12.5 Å². The topological polar surface area (TPSA) is 59.4 Å². The number of fused-ring (bicyclic) bond motifs is 1. The standard InChI is InChI=1S/C27H31F3N4O2/c1-6-16(2)27(3,4)26(35)33-11-12-34-22(15-33)32-24(17-7-9-18(28)10-8-17)25(34)31-19-13-20(29)23(30)21(14-19)36-5/h7-10,13-14,16,31H,6,11-12,15H2,1-5H3. The lowest BCUT2D eigenvalue weighted by Gasteiger charge is -2.37. The zero-order chi connectivity index (χ0) is 26.2. The van der Waals surface area contributed by atoms with Crippen LogP contribution in [0.15, 0.2) is 36.4 Å². The van der Waals surface area contributed by atoms with Crippen molar-refractivity contribution in [2.45, 2.75) is 47.2 Å². The predicted octanol–water partition coefficient (Wildman–Crippen LogP) is 6.13. The minimum Gasteiger partial charge on any atom is -0.493 e. The van der Waals surface area contributed by atoms with Crippen LogP contribution < -0.4 is 10.1 Å². The number of ether oxygens (including phenoxy) is 1. The first-order valence-electron chi connectivity index (χ1n) is 12.0. The molecule has 0 bridgehead atoms. The van der Waals surface area contributed by atoms with E-state index in [4.69, 9.17) is 9.72 Å². The van der Waals surface area contributed by atoms with Gasteiger partial charge in [-0.2, -0.15) is 4.39 Å². The Hall–Kier alpha value is -3.49. The molecule has 0 aliphatic carbocycles. The van der Waals surface area contributed by atoms with E-state index in [9.17, 15) is 18.0 Å². The SMILES string of the molecule is CCC(C)C(C)(C)C(=O)N1CCn2c(nc(-c3ccc(F)cc3)c2Nc2cc(F)c(F)c(OC)c2)C1. The van der Waals surface area contributed by atoms with Crippen LogP contribution >= 0.6 is 0 Å². The lowest BCUT2D eigenvalue weighted by Crippen LogP contribution is -2.47.